The molecule has 1 atom stereocenters. The van der Waals surface area contributed by atoms with Crippen LogP contribution in [-0.4, -0.2) is 17.6 Å². The molecule has 0 amide bonds. The van der Waals surface area contributed by atoms with Crippen LogP contribution in [-0.2, 0) is 19.3 Å². The third-order valence-electron chi connectivity index (χ3n) is 3.30. The lowest BCUT2D eigenvalue weighted by molar-refractivity contribution is 0.517. The zero-order valence-corrected chi connectivity index (χ0v) is 12.5. The predicted molar refractivity (Wildman–Crippen MR) is 82.8 cm³/mol. The van der Waals surface area contributed by atoms with Crippen molar-refractivity contribution in [3.8, 4) is 0 Å². The lowest BCUT2D eigenvalue weighted by atomic mass is 10.0. The van der Waals surface area contributed by atoms with E-state index in [0.29, 0.717) is 6.04 Å². The molecule has 2 aromatic heterocycles. The number of aromatic nitrogens is 1. The van der Waals surface area contributed by atoms with E-state index in [1.165, 1.54) is 16.8 Å². The first-order valence-corrected chi connectivity index (χ1v) is 7.94. The molecule has 2 heterocycles. The molecule has 0 aliphatic carbocycles. The second kappa shape index (κ2) is 7.41. The van der Waals surface area contributed by atoms with Crippen molar-refractivity contribution in [3.63, 3.8) is 0 Å². The van der Waals surface area contributed by atoms with E-state index in [9.17, 15) is 0 Å². The highest BCUT2D eigenvalue weighted by Gasteiger charge is 2.10. The van der Waals surface area contributed by atoms with Crippen molar-refractivity contribution in [3.05, 3.63) is 52.0 Å². The van der Waals surface area contributed by atoms with Crippen molar-refractivity contribution in [2.24, 2.45) is 0 Å². The van der Waals surface area contributed by atoms with Crippen LogP contribution >= 0.6 is 11.3 Å². The molecular weight excluding hydrogens is 252 g/mol. The Kier molecular flexibility index (Phi) is 5.55. The van der Waals surface area contributed by atoms with Gasteiger partial charge in [-0.15, -0.1) is 0 Å². The van der Waals surface area contributed by atoms with Crippen LogP contribution in [0.25, 0.3) is 0 Å². The molecule has 1 N–H and O–H groups in total. The van der Waals surface area contributed by atoms with Gasteiger partial charge in [0.1, 0.15) is 0 Å². The maximum absolute atomic E-state index is 4.56. The van der Waals surface area contributed by atoms with Gasteiger partial charge in [-0.3, -0.25) is 4.98 Å². The summed E-state index contributed by atoms with van der Waals surface area (Å²) in [5, 5.41) is 7.94. The normalized spacial score (nSPS) is 12.5. The molecule has 0 bridgehead atoms. The molecule has 1 unspecified atom stereocenters. The fraction of sp³-hybridized carbons (Fsp3) is 0.438. The van der Waals surface area contributed by atoms with Gasteiger partial charge in [-0.2, -0.15) is 11.3 Å². The first kappa shape index (κ1) is 14.2. The van der Waals surface area contributed by atoms with Crippen LogP contribution in [0.4, 0.5) is 0 Å². The highest BCUT2D eigenvalue weighted by Crippen LogP contribution is 2.12. The SMILES string of the molecule is CCNC(Cc1ccsc1)Cc1ccc(CC)cn1. The summed E-state index contributed by atoms with van der Waals surface area (Å²) >= 11 is 1.77. The lowest BCUT2D eigenvalue weighted by Crippen LogP contribution is -2.33. The highest BCUT2D eigenvalue weighted by atomic mass is 32.1. The average molecular weight is 274 g/mol. The number of pyridine rings is 1. The van der Waals surface area contributed by atoms with Gasteiger partial charge in [-0.25, -0.2) is 0 Å². The standard InChI is InChI=1S/C16H22N2S/c1-3-13-5-6-15(18-11-13)10-16(17-4-2)9-14-7-8-19-12-14/h5-8,11-12,16-17H,3-4,9-10H2,1-2H3. The van der Waals surface area contributed by atoms with E-state index in [2.05, 4.69) is 53.1 Å². The molecule has 0 aliphatic heterocycles. The topological polar surface area (TPSA) is 24.9 Å². The number of hydrogen-bond acceptors (Lipinski definition) is 3. The van der Waals surface area contributed by atoms with Crippen LogP contribution in [0.15, 0.2) is 35.2 Å². The van der Waals surface area contributed by atoms with Crippen LogP contribution in [0.1, 0.15) is 30.7 Å². The Morgan fingerprint density at radius 3 is 2.63 bits per heavy atom. The Hall–Kier alpha value is -1.19. The second-order valence-electron chi connectivity index (χ2n) is 4.81. The monoisotopic (exact) mass is 274 g/mol. The zero-order chi connectivity index (χ0) is 13.5. The van der Waals surface area contributed by atoms with E-state index < -0.39 is 0 Å². The van der Waals surface area contributed by atoms with E-state index in [-0.39, 0.29) is 0 Å². The van der Waals surface area contributed by atoms with Gasteiger partial charge in [-0.1, -0.05) is 19.9 Å². The Morgan fingerprint density at radius 1 is 1.16 bits per heavy atom. The zero-order valence-electron chi connectivity index (χ0n) is 11.7. The van der Waals surface area contributed by atoms with Crippen molar-refractivity contribution < 1.29 is 0 Å². The molecule has 0 radical (unpaired) electrons. The van der Waals surface area contributed by atoms with Crippen LogP contribution in [0.5, 0.6) is 0 Å². The Balaban J connectivity index is 1.98. The number of likely N-dealkylation sites (N-methyl/N-ethyl adjacent to an activating group) is 1. The summed E-state index contributed by atoms with van der Waals surface area (Å²) in [5.41, 5.74) is 3.90. The fourth-order valence-corrected chi connectivity index (χ4v) is 2.92. The fourth-order valence-electron chi connectivity index (χ4n) is 2.24. The molecule has 2 rings (SSSR count). The summed E-state index contributed by atoms with van der Waals surface area (Å²) in [6.45, 7) is 5.32. The molecule has 19 heavy (non-hydrogen) atoms. The molecule has 3 heteroatoms. The number of aryl methyl sites for hydroxylation is 1. The van der Waals surface area contributed by atoms with E-state index in [4.69, 9.17) is 0 Å². The van der Waals surface area contributed by atoms with Gasteiger partial charge in [0.05, 0.1) is 0 Å². The summed E-state index contributed by atoms with van der Waals surface area (Å²) in [6, 6.07) is 7.04. The molecular formula is C16H22N2S. The first-order valence-electron chi connectivity index (χ1n) is 7.00. The molecule has 2 aromatic rings. The summed E-state index contributed by atoms with van der Waals surface area (Å²) in [4.78, 5) is 4.56. The summed E-state index contributed by atoms with van der Waals surface area (Å²) in [5.74, 6) is 0. The van der Waals surface area contributed by atoms with E-state index >= 15 is 0 Å². The average Bonchev–Trinajstić information content (AvgIpc) is 2.93. The maximum atomic E-state index is 4.56. The number of hydrogen-bond donors (Lipinski definition) is 1. The largest absolute Gasteiger partial charge is 0.314 e. The minimum absolute atomic E-state index is 0.472. The third-order valence-corrected chi connectivity index (χ3v) is 4.04. The lowest BCUT2D eigenvalue weighted by Gasteiger charge is -2.17. The second-order valence-corrected chi connectivity index (χ2v) is 5.59. The Morgan fingerprint density at radius 2 is 2.05 bits per heavy atom. The van der Waals surface area contributed by atoms with Crippen LogP contribution < -0.4 is 5.32 Å². The minimum atomic E-state index is 0.472. The predicted octanol–water partition coefficient (Wildman–Crippen LogP) is 3.47. The molecule has 102 valence electrons. The number of rotatable bonds is 7. The van der Waals surface area contributed by atoms with E-state index in [1.807, 2.05) is 6.20 Å². The van der Waals surface area contributed by atoms with Crippen molar-refractivity contribution in [1.82, 2.24) is 10.3 Å². The van der Waals surface area contributed by atoms with E-state index in [1.54, 1.807) is 11.3 Å². The molecule has 0 aliphatic rings. The molecule has 0 fully saturated rings. The highest BCUT2D eigenvalue weighted by molar-refractivity contribution is 7.07. The van der Waals surface area contributed by atoms with E-state index in [0.717, 1.165) is 25.8 Å². The van der Waals surface area contributed by atoms with Crippen molar-refractivity contribution >= 4 is 11.3 Å². The Labute approximate surface area is 119 Å². The van der Waals surface area contributed by atoms with Gasteiger partial charge in [-0.05, 0) is 53.4 Å². The molecule has 0 aromatic carbocycles. The molecule has 2 nitrogen and oxygen atoms in total. The van der Waals surface area contributed by atoms with Gasteiger partial charge in [0.2, 0.25) is 0 Å². The van der Waals surface area contributed by atoms with Gasteiger partial charge in [0, 0.05) is 24.4 Å². The molecule has 0 spiro atoms. The summed E-state index contributed by atoms with van der Waals surface area (Å²) in [6.07, 6.45) is 5.13. The van der Waals surface area contributed by atoms with Crippen molar-refractivity contribution in [2.75, 3.05) is 6.54 Å². The number of nitrogens with zero attached hydrogens (tertiary/aromatic N) is 1. The summed E-state index contributed by atoms with van der Waals surface area (Å²) in [7, 11) is 0. The summed E-state index contributed by atoms with van der Waals surface area (Å²) < 4.78 is 0. The van der Waals surface area contributed by atoms with Crippen LogP contribution in [0, 0.1) is 0 Å². The van der Waals surface area contributed by atoms with Crippen molar-refractivity contribution in [2.45, 2.75) is 39.2 Å². The molecule has 0 saturated heterocycles. The van der Waals surface area contributed by atoms with Crippen LogP contribution in [0.3, 0.4) is 0 Å². The van der Waals surface area contributed by atoms with Gasteiger partial charge >= 0.3 is 0 Å². The van der Waals surface area contributed by atoms with Crippen LogP contribution in [0.2, 0.25) is 0 Å². The van der Waals surface area contributed by atoms with Gasteiger partial charge in [0.25, 0.3) is 0 Å². The number of nitrogens with one attached hydrogen (secondary N) is 1. The smallest absolute Gasteiger partial charge is 0.0419 e. The van der Waals surface area contributed by atoms with Gasteiger partial charge < -0.3 is 5.32 Å². The van der Waals surface area contributed by atoms with Crippen molar-refractivity contribution in [1.29, 1.82) is 0 Å². The Bertz CT molecular complexity index is 462. The first-order chi connectivity index (χ1) is 9.31. The number of thiophene rings is 1. The quantitative estimate of drug-likeness (QED) is 0.836. The minimum Gasteiger partial charge on any atom is -0.314 e. The third kappa shape index (κ3) is 4.44. The molecule has 0 saturated carbocycles. The maximum Gasteiger partial charge on any atom is 0.0419 e. The van der Waals surface area contributed by atoms with Gasteiger partial charge in [0.15, 0.2) is 0 Å².